The minimum absolute atomic E-state index is 0.556. The lowest BCUT2D eigenvalue weighted by Crippen LogP contribution is -2.39. The van der Waals surface area contributed by atoms with Crippen molar-refractivity contribution in [3.63, 3.8) is 0 Å². The summed E-state index contributed by atoms with van der Waals surface area (Å²) < 4.78 is 5.34. The van der Waals surface area contributed by atoms with E-state index in [0.29, 0.717) is 5.11 Å². The van der Waals surface area contributed by atoms with Crippen LogP contribution in [-0.4, -0.2) is 55.6 Å². The predicted molar refractivity (Wildman–Crippen MR) is 104 cm³/mol. The van der Waals surface area contributed by atoms with E-state index in [1.54, 1.807) is 6.21 Å². The summed E-state index contributed by atoms with van der Waals surface area (Å²) in [7, 11) is 0. The van der Waals surface area contributed by atoms with Gasteiger partial charge in [-0.2, -0.15) is 5.10 Å². The standard InChI is InChI=1S/C18H26N4OS/c1-16(14-17-6-3-2-4-7-17)15-20-21-18(24)19-8-5-9-22-10-12-23-13-11-22/h2-4,6-7,14-15H,5,8-13H2,1H3,(H2,19,21,24)/b16-14+,20-15+. The Labute approximate surface area is 149 Å². The van der Waals surface area contributed by atoms with Crippen molar-refractivity contribution in [3.05, 3.63) is 41.5 Å². The van der Waals surface area contributed by atoms with Crippen LogP contribution in [0.3, 0.4) is 0 Å². The molecule has 2 rings (SSSR count). The van der Waals surface area contributed by atoms with Crippen molar-refractivity contribution in [2.24, 2.45) is 5.10 Å². The fourth-order valence-corrected chi connectivity index (χ4v) is 2.57. The van der Waals surface area contributed by atoms with E-state index in [4.69, 9.17) is 17.0 Å². The molecule has 24 heavy (non-hydrogen) atoms. The first-order chi connectivity index (χ1) is 11.7. The summed E-state index contributed by atoms with van der Waals surface area (Å²) in [5, 5.41) is 7.89. The number of hydrazone groups is 1. The van der Waals surface area contributed by atoms with Gasteiger partial charge in [0.25, 0.3) is 0 Å². The van der Waals surface area contributed by atoms with Gasteiger partial charge in [-0.25, -0.2) is 0 Å². The normalized spacial score (nSPS) is 16.3. The molecule has 1 saturated heterocycles. The zero-order valence-corrected chi connectivity index (χ0v) is 15.0. The average Bonchev–Trinajstić information content (AvgIpc) is 2.60. The molecule has 0 saturated carbocycles. The van der Waals surface area contributed by atoms with Gasteiger partial charge in [0, 0.05) is 19.6 Å². The molecule has 0 bridgehead atoms. The van der Waals surface area contributed by atoms with Gasteiger partial charge >= 0.3 is 0 Å². The van der Waals surface area contributed by atoms with Gasteiger partial charge < -0.3 is 10.1 Å². The second-order valence-corrected chi connectivity index (χ2v) is 6.14. The zero-order chi connectivity index (χ0) is 17.0. The van der Waals surface area contributed by atoms with Crippen molar-refractivity contribution in [1.29, 1.82) is 0 Å². The van der Waals surface area contributed by atoms with E-state index in [2.05, 4.69) is 39.0 Å². The molecule has 0 aromatic heterocycles. The van der Waals surface area contributed by atoms with Gasteiger partial charge in [-0.3, -0.25) is 10.3 Å². The van der Waals surface area contributed by atoms with Crippen LogP contribution < -0.4 is 10.7 Å². The third kappa shape index (κ3) is 7.68. The van der Waals surface area contributed by atoms with Crippen molar-refractivity contribution in [2.75, 3.05) is 39.4 Å². The summed E-state index contributed by atoms with van der Waals surface area (Å²) in [6, 6.07) is 10.2. The van der Waals surface area contributed by atoms with E-state index in [1.807, 2.05) is 25.1 Å². The van der Waals surface area contributed by atoms with Crippen molar-refractivity contribution >= 4 is 29.6 Å². The molecule has 1 aromatic rings. The highest BCUT2D eigenvalue weighted by Crippen LogP contribution is 2.04. The number of morpholine rings is 1. The summed E-state index contributed by atoms with van der Waals surface area (Å²) in [6.07, 6.45) is 4.90. The summed E-state index contributed by atoms with van der Waals surface area (Å²) in [6.45, 7) is 7.67. The van der Waals surface area contributed by atoms with Crippen LogP contribution in [0.2, 0.25) is 0 Å². The molecular formula is C18H26N4OS. The summed E-state index contributed by atoms with van der Waals surface area (Å²) in [4.78, 5) is 2.41. The minimum atomic E-state index is 0.556. The molecule has 130 valence electrons. The van der Waals surface area contributed by atoms with E-state index < -0.39 is 0 Å². The Bertz CT molecular complexity index is 553. The van der Waals surface area contributed by atoms with E-state index in [9.17, 15) is 0 Å². The van der Waals surface area contributed by atoms with E-state index in [1.165, 1.54) is 0 Å². The molecule has 0 radical (unpaired) electrons. The molecule has 6 heteroatoms. The molecule has 0 spiro atoms. The number of nitrogens with one attached hydrogen (secondary N) is 2. The first kappa shape index (κ1) is 18.6. The lowest BCUT2D eigenvalue weighted by Gasteiger charge is -2.26. The molecule has 1 aromatic carbocycles. The number of thiocarbonyl (C=S) groups is 1. The lowest BCUT2D eigenvalue weighted by molar-refractivity contribution is 0.0376. The Morgan fingerprint density at radius 3 is 2.79 bits per heavy atom. The average molecular weight is 346 g/mol. The van der Waals surface area contributed by atoms with Crippen molar-refractivity contribution in [3.8, 4) is 0 Å². The lowest BCUT2D eigenvalue weighted by atomic mass is 10.1. The number of hydrogen-bond acceptors (Lipinski definition) is 4. The molecule has 2 N–H and O–H groups in total. The highest BCUT2D eigenvalue weighted by Gasteiger charge is 2.08. The van der Waals surface area contributed by atoms with Crippen LogP contribution in [0.5, 0.6) is 0 Å². The molecule has 1 aliphatic heterocycles. The van der Waals surface area contributed by atoms with E-state index in [-0.39, 0.29) is 0 Å². The number of rotatable bonds is 7. The maximum absolute atomic E-state index is 5.34. The number of nitrogens with zero attached hydrogens (tertiary/aromatic N) is 2. The number of hydrogen-bond donors (Lipinski definition) is 2. The zero-order valence-electron chi connectivity index (χ0n) is 14.2. The largest absolute Gasteiger partial charge is 0.379 e. The number of benzene rings is 1. The predicted octanol–water partition coefficient (Wildman–Crippen LogP) is 2.26. The Balaban J connectivity index is 1.59. The van der Waals surface area contributed by atoms with Gasteiger partial charge in [-0.15, -0.1) is 0 Å². The topological polar surface area (TPSA) is 48.9 Å². The van der Waals surface area contributed by atoms with Gasteiger partial charge in [0.05, 0.1) is 19.4 Å². The van der Waals surface area contributed by atoms with Crippen LogP contribution in [0.15, 0.2) is 41.0 Å². The van der Waals surface area contributed by atoms with E-state index in [0.717, 1.165) is 57.0 Å². The van der Waals surface area contributed by atoms with Gasteiger partial charge in [0.15, 0.2) is 5.11 Å². The molecule has 0 atom stereocenters. The van der Waals surface area contributed by atoms with Crippen molar-refractivity contribution in [1.82, 2.24) is 15.6 Å². The second-order valence-electron chi connectivity index (χ2n) is 5.73. The number of ether oxygens (including phenoxy) is 1. The maximum atomic E-state index is 5.34. The molecule has 1 aliphatic rings. The van der Waals surface area contributed by atoms with Gasteiger partial charge in [0.1, 0.15) is 0 Å². The Morgan fingerprint density at radius 2 is 2.04 bits per heavy atom. The van der Waals surface area contributed by atoms with Gasteiger partial charge in [-0.1, -0.05) is 36.4 Å². The van der Waals surface area contributed by atoms with Crippen molar-refractivity contribution < 1.29 is 4.74 Å². The van der Waals surface area contributed by atoms with Crippen LogP contribution in [-0.2, 0) is 4.74 Å². The molecule has 0 amide bonds. The summed E-state index contributed by atoms with van der Waals surface area (Å²) in [5.74, 6) is 0. The summed E-state index contributed by atoms with van der Waals surface area (Å²) >= 11 is 5.22. The third-order valence-corrected chi connectivity index (χ3v) is 3.90. The highest BCUT2D eigenvalue weighted by atomic mass is 32.1. The fourth-order valence-electron chi connectivity index (χ4n) is 2.41. The first-order valence-corrected chi connectivity index (χ1v) is 8.75. The molecule has 0 unspecified atom stereocenters. The fraction of sp³-hybridized carbons (Fsp3) is 0.444. The second kappa shape index (κ2) is 10.9. The maximum Gasteiger partial charge on any atom is 0.186 e. The Morgan fingerprint density at radius 1 is 1.29 bits per heavy atom. The van der Waals surface area contributed by atoms with Crippen LogP contribution in [0, 0.1) is 0 Å². The van der Waals surface area contributed by atoms with Gasteiger partial charge in [-0.05, 0) is 43.2 Å². The minimum Gasteiger partial charge on any atom is -0.379 e. The molecule has 1 fully saturated rings. The Hall–Kier alpha value is -1.76. The van der Waals surface area contributed by atoms with Crippen LogP contribution in [0.1, 0.15) is 18.9 Å². The monoisotopic (exact) mass is 346 g/mol. The van der Waals surface area contributed by atoms with Crippen LogP contribution in [0.25, 0.3) is 6.08 Å². The summed E-state index contributed by atoms with van der Waals surface area (Å²) in [5.41, 5.74) is 5.07. The first-order valence-electron chi connectivity index (χ1n) is 8.34. The number of allylic oxidation sites excluding steroid dienone is 1. The molecule has 1 heterocycles. The SMILES string of the molecule is CC(/C=N/NC(=S)NCCCN1CCOCC1)=C\c1ccccc1. The van der Waals surface area contributed by atoms with Crippen molar-refractivity contribution in [2.45, 2.75) is 13.3 Å². The van der Waals surface area contributed by atoms with Gasteiger partial charge in [0.2, 0.25) is 0 Å². The molecule has 5 nitrogen and oxygen atoms in total. The quantitative estimate of drug-likeness (QED) is 0.343. The van der Waals surface area contributed by atoms with E-state index >= 15 is 0 Å². The smallest absolute Gasteiger partial charge is 0.186 e. The molecule has 0 aliphatic carbocycles. The Kier molecular flexibility index (Phi) is 8.45. The van der Waals surface area contributed by atoms with Crippen LogP contribution in [0.4, 0.5) is 0 Å². The third-order valence-electron chi connectivity index (χ3n) is 3.67. The highest BCUT2D eigenvalue weighted by molar-refractivity contribution is 7.80. The van der Waals surface area contributed by atoms with Crippen LogP contribution >= 0.6 is 12.2 Å². The molecular weight excluding hydrogens is 320 g/mol.